The summed E-state index contributed by atoms with van der Waals surface area (Å²) in [5.41, 5.74) is 5.98. The minimum atomic E-state index is -0.402. The summed E-state index contributed by atoms with van der Waals surface area (Å²) in [6, 6.07) is 4.52. The summed E-state index contributed by atoms with van der Waals surface area (Å²) in [5.74, 6) is -0.0162. The molecule has 0 aromatic heterocycles. The van der Waals surface area contributed by atoms with Gasteiger partial charge in [-0.15, -0.1) is 12.4 Å². The first-order valence-electron chi connectivity index (χ1n) is 6.56. The molecule has 3 nitrogen and oxygen atoms in total. The number of nitrogens with two attached hydrogens (primary N) is 1. The van der Waals surface area contributed by atoms with Crippen LogP contribution in [-0.2, 0) is 0 Å². The fourth-order valence-corrected chi connectivity index (χ4v) is 2.78. The Morgan fingerprint density at radius 3 is 2.90 bits per heavy atom. The van der Waals surface area contributed by atoms with Crippen molar-refractivity contribution < 1.29 is 9.18 Å². The van der Waals surface area contributed by atoms with Gasteiger partial charge in [-0.05, 0) is 65.9 Å². The Bertz CT molecular complexity index is 470. The van der Waals surface area contributed by atoms with Crippen LogP contribution in [0.2, 0.25) is 0 Å². The number of hydrogen-bond donors (Lipinski definition) is 1. The van der Waals surface area contributed by atoms with E-state index in [4.69, 9.17) is 5.73 Å². The highest BCUT2D eigenvalue weighted by Crippen LogP contribution is 2.22. The van der Waals surface area contributed by atoms with Gasteiger partial charge in [0.25, 0.3) is 5.91 Å². The van der Waals surface area contributed by atoms with Gasteiger partial charge in [0.15, 0.2) is 0 Å². The minimum Gasteiger partial charge on any atom is -0.338 e. The molecule has 0 spiro atoms. The summed E-state index contributed by atoms with van der Waals surface area (Å²) in [5, 5.41) is 0. The van der Waals surface area contributed by atoms with Crippen molar-refractivity contribution in [2.24, 2.45) is 11.7 Å². The molecule has 1 amide bonds. The molecule has 1 fully saturated rings. The van der Waals surface area contributed by atoms with Gasteiger partial charge in [-0.25, -0.2) is 4.39 Å². The van der Waals surface area contributed by atoms with Crippen LogP contribution < -0.4 is 5.73 Å². The number of hydrogen-bond acceptors (Lipinski definition) is 2. The number of benzene rings is 1. The topological polar surface area (TPSA) is 46.3 Å². The van der Waals surface area contributed by atoms with Crippen molar-refractivity contribution in [2.45, 2.75) is 19.3 Å². The van der Waals surface area contributed by atoms with Gasteiger partial charge in [0, 0.05) is 18.7 Å². The lowest BCUT2D eigenvalue weighted by atomic mass is 9.94. The van der Waals surface area contributed by atoms with E-state index < -0.39 is 5.82 Å². The van der Waals surface area contributed by atoms with Crippen LogP contribution in [0.3, 0.4) is 0 Å². The molecular weight excluding hydrogens is 347 g/mol. The molecule has 1 aliphatic heterocycles. The second kappa shape index (κ2) is 7.96. The third-order valence-corrected chi connectivity index (χ3v) is 4.19. The Morgan fingerprint density at radius 1 is 1.50 bits per heavy atom. The maximum atomic E-state index is 13.5. The van der Waals surface area contributed by atoms with Crippen molar-refractivity contribution in [3.8, 4) is 0 Å². The van der Waals surface area contributed by atoms with Crippen molar-refractivity contribution in [2.75, 3.05) is 19.6 Å². The lowest BCUT2D eigenvalue weighted by molar-refractivity contribution is 0.0669. The van der Waals surface area contributed by atoms with Crippen LogP contribution in [0, 0.1) is 11.7 Å². The van der Waals surface area contributed by atoms with E-state index in [2.05, 4.69) is 15.9 Å². The number of carbonyl (C=O) groups is 1. The Labute approximate surface area is 133 Å². The van der Waals surface area contributed by atoms with Crippen molar-refractivity contribution in [1.82, 2.24) is 4.90 Å². The Kier molecular flexibility index (Phi) is 6.92. The van der Waals surface area contributed by atoms with Crippen LogP contribution in [-0.4, -0.2) is 30.4 Å². The van der Waals surface area contributed by atoms with Crippen LogP contribution in [0.25, 0.3) is 0 Å². The maximum Gasteiger partial charge on any atom is 0.253 e. The van der Waals surface area contributed by atoms with Gasteiger partial charge in [-0.2, -0.15) is 0 Å². The van der Waals surface area contributed by atoms with Crippen molar-refractivity contribution in [3.05, 3.63) is 34.1 Å². The fraction of sp³-hybridized carbons (Fsp3) is 0.500. The molecular formula is C14H19BrClFN2O. The van der Waals surface area contributed by atoms with E-state index in [0.717, 1.165) is 32.4 Å². The van der Waals surface area contributed by atoms with Crippen LogP contribution in [0.15, 0.2) is 22.7 Å². The van der Waals surface area contributed by atoms with E-state index in [0.29, 0.717) is 22.5 Å². The summed E-state index contributed by atoms with van der Waals surface area (Å²) < 4.78 is 13.8. The van der Waals surface area contributed by atoms with Crippen LogP contribution >= 0.6 is 28.3 Å². The summed E-state index contributed by atoms with van der Waals surface area (Å²) >= 11 is 3.09. The molecule has 0 aliphatic carbocycles. The fourth-order valence-electron chi connectivity index (χ4n) is 2.53. The average Bonchev–Trinajstić information content (AvgIpc) is 2.42. The predicted octanol–water partition coefficient (Wildman–Crippen LogP) is 3.21. The highest BCUT2D eigenvalue weighted by atomic mass is 79.9. The molecule has 1 saturated heterocycles. The Balaban J connectivity index is 0.00000200. The van der Waals surface area contributed by atoms with Crippen LogP contribution in [0.4, 0.5) is 4.39 Å². The molecule has 1 atom stereocenters. The second-order valence-electron chi connectivity index (χ2n) is 4.97. The molecule has 1 aliphatic rings. The monoisotopic (exact) mass is 364 g/mol. The first-order valence-corrected chi connectivity index (χ1v) is 7.35. The smallest absolute Gasteiger partial charge is 0.253 e. The molecule has 2 N–H and O–H groups in total. The van der Waals surface area contributed by atoms with Gasteiger partial charge in [0.1, 0.15) is 5.82 Å². The number of halogens is 3. The third kappa shape index (κ3) is 4.17. The molecule has 1 heterocycles. The number of carbonyl (C=O) groups excluding carboxylic acids is 1. The summed E-state index contributed by atoms with van der Waals surface area (Å²) in [7, 11) is 0. The molecule has 1 aromatic rings. The van der Waals surface area contributed by atoms with E-state index in [1.807, 2.05) is 4.90 Å². The summed E-state index contributed by atoms with van der Waals surface area (Å²) in [6.45, 7) is 2.13. The van der Waals surface area contributed by atoms with E-state index in [9.17, 15) is 9.18 Å². The second-order valence-corrected chi connectivity index (χ2v) is 5.82. The van der Waals surface area contributed by atoms with Gasteiger partial charge < -0.3 is 10.6 Å². The zero-order chi connectivity index (χ0) is 13.8. The van der Waals surface area contributed by atoms with Gasteiger partial charge in [0.2, 0.25) is 0 Å². The summed E-state index contributed by atoms with van der Waals surface area (Å²) in [6.07, 6.45) is 3.06. The molecule has 1 aromatic carbocycles. The molecule has 0 saturated carbocycles. The van der Waals surface area contributed by atoms with Crippen molar-refractivity contribution in [1.29, 1.82) is 0 Å². The zero-order valence-electron chi connectivity index (χ0n) is 11.1. The van der Waals surface area contributed by atoms with Gasteiger partial charge in [-0.1, -0.05) is 0 Å². The number of piperidine rings is 1. The van der Waals surface area contributed by atoms with Crippen molar-refractivity contribution >= 4 is 34.2 Å². The Hall–Kier alpha value is -0.650. The molecule has 20 heavy (non-hydrogen) atoms. The average molecular weight is 366 g/mol. The van der Waals surface area contributed by atoms with Crippen molar-refractivity contribution in [3.63, 3.8) is 0 Å². The molecule has 0 bridgehead atoms. The normalized spacial score (nSPS) is 18.6. The lowest BCUT2D eigenvalue weighted by Crippen LogP contribution is -2.40. The third-order valence-electron chi connectivity index (χ3n) is 3.55. The first kappa shape index (κ1) is 17.4. The number of rotatable bonds is 3. The number of likely N-dealkylation sites (tertiary alicyclic amines) is 1. The Morgan fingerprint density at radius 2 is 2.25 bits per heavy atom. The highest BCUT2D eigenvalue weighted by molar-refractivity contribution is 9.10. The zero-order valence-corrected chi connectivity index (χ0v) is 13.6. The SMILES string of the molecule is Cl.NCCC1CCCN(C(=O)c2ccc(Br)c(F)c2)C1. The predicted molar refractivity (Wildman–Crippen MR) is 83.6 cm³/mol. The number of amides is 1. The van der Waals surface area contributed by atoms with E-state index in [-0.39, 0.29) is 18.3 Å². The van der Waals surface area contributed by atoms with E-state index in [1.54, 1.807) is 12.1 Å². The lowest BCUT2D eigenvalue weighted by Gasteiger charge is -2.32. The van der Waals surface area contributed by atoms with Gasteiger partial charge in [-0.3, -0.25) is 4.79 Å². The standard InChI is InChI=1S/C14H18BrFN2O.ClH/c15-12-4-3-11(8-13(12)16)14(19)18-7-1-2-10(9-18)5-6-17;/h3-4,8,10H,1-2,5-7,9,17H2;1H. The van der Waals surface area contributed by atoms with E-state index in [1.165, 1.54) is 6.07 Å². The molecule has 1 unspecified atom stereocenters. The molecule has 2 rings (SSSR count). The molecule has 6 heteroatoms. The molecule has 112 valence electrons. The van der Waals surface area contributed by atoms with Crippen LogP contribution in [0.5, 0.6) is 0 Å². The van der Waals surface area contributed by atoms with E-state index >= 15 is 0 Å². The first-order chi connectivity index (χ1) is 9.11. The number of nitrogens with zero attached hydrogens (tertiary/aromatic N) is 1. The maximum absolute atomic E-state index is 13.5. The largest absolute Gasteiger partial charge is 0.338 e. The van der Waals surface area contributed by atoms with Gasteiger partial charge >= 0.3 is 0 Å². The van der Waals surface area contributed by atoms with Crippen LogP contribution in [0.1, 0.15) is 29.6 Å². The minimum absolute atomic E-state index is 0. The summed E-state index contributed by atoms with van der Waals surface area (Å²) in [4.78, 5) is 14.1. The quantitative estimate of drug-likeness (QED) is 0.894. The highest BCUT2D eigenvalue weighted by Gasteiger charge is 2.24. The molecule has 0 radical (unpaired) electrons. The van der Waals surface area contributed by atoms with Gasteiger partial charge in [0.05, 0.1) is 4.47 Å².